The lowest BCUT2D eigenvalue weighted by Crippen LogP contribution is -2.24. The van der Waals surface area contributed by atoms with Gasteiger partial charge in [0.2, 0.25) is 0 Å². The van der Waals surface area contributed by atoms with Crippen LogP contribution in [0.2, 0.25) is 0 Å². The molecule has 98 valence electrons. The molecule has 0 bridgehead atoms. The first kappa shape index (κ1) is 13.0. The number of benzene rings is 1. The molecule has 0 aromatic heterocycles. The normalized spacial score (nSPS) is 26.7. The summed E-state index contributed by atoms with van der Waals surface area (Å²) in [5.74, 6) is -1.09. The Kier molecular flexibility index (Phi) is 3.14. The van der Waals surface area contributed by atoms with Crippen LogP contribution in [0.5, 0.6) is 0 Å². The molecule has 1 aromatic carbocycles. The fraction of sp³-hybridized carbons (Fsp3) is 0.417. The van der Waals surface area contributed by atoms with Crippen molar-refractivity contribution in [1.29, 1.82) is 0 Å². The number of carbonyl (C=O) groups is 1. The molecule has 2 unspecified atom stereocenters. The Balaban J connectivity index is 2.33. The number of rotatable bonds is 4. The molecule has 18 heavy (non-hydrogen) atoms. The zero-order valence-electron chi connectivity index (χ0n) is 9.80. The Bertz CT molecular complexity index is 555. The summed E-state index contributed by atoms with van der Waals surface area (Å²) in [7, 11) is -3.61. The third kappa shape index (κ3) is 1.80. The molecular weight excluding hydrogens is 259 g/mol. The summed E-state index contributed by atoms with van der Waals surface area (Å²) in [5, 5.41) is -0.888. The van der Waals surface area contributed by atoms with Gasteiger partial charge < -0.3 is 0 Å². The molecule has 1 saturated carbocycles. The van der Waals surface area contributed by atoms with Gasteiger partial charge in [-0.15, -0.1) is 0 Å². The molecule has 2 rings (SSSR count). The standard InChI is InChI=1S/C12H13FO4S/c1-2-12(11(14)17-13)8-10(12)18(15,16)9-6-4-3-5-7-9/h3-7,10H,2,8H2,1H3. The van der Waals surface area contributed by atoms with Crippen LogP contribution in [0.15, 0.2) is 35.2 Å². The second kappa shape index (κ2) is 4.35. The summed E-state index contributed by atoms with van der Waals surface area (Å²) in [5.41, 5.74) is -1.22. The van der Waals surface area contributed by atoms with E-state index in [9.17, 15) is 17.7 Å². The van der Waals surface area contributed by atoms with Gasteiger partial charge in [-0.1, -0.05) is 25.1 Å². The molecule has 4 nitrogen and oxygen atoms in total. The highest BCUT2D eigenvalue weighted by molar-refractivity contribution is 7.92. The van der Waals surface area contributed by atoms with Gasteiger partial charge in [-0.25, -0.2) is 13.2 Å². The molecule has 1 fully saturated rings. The van der Waals surface area contributed by atoms with Gasteiger partial charge in [0.25, 0.3) is 0 Å². The van der Waals surface area contributed by atoms with Gasteiger partial charge in [0.1, 0.15) is 0 Å². The second-order valence-electron chi connectivity index (χ2n) is 4.43. The summed E-state index contributed by atoms with van der Waals surface area (Å²) in [6, 6.07) is 7.85. The van der Waals surface area contributed by atoms with Gasteiger partial charge in [-0.2, -0.15) is 0 Å². The average Bonchev–Trinajstić information content (AvgIpc) is 3.15. The lowest BCUT2D eigenvalue weighted by atomic mass is 10.1. The Labute approximate surface area is 105 Å². The molecule has 0 amide bonds. The zero-order valence-corrected chi connectivity index (χ0v) is 10.6. The van der Waals surface area contributed by atoms with Crippen molar-refractivity contribution < 1.29 is 22.7 Å². The maximum absolute atomic E-state index is 12.3. The molecule has 0 spiro atoms. The molecule has 0 radical (unpaired) electrons. The second-order valence-corrected chi connectivity index (χ2v) is 6.56. The molecule has 2 atom stereocenters. The topological polar surface area (TPSA) is 60.4 Å². The van der Waals surface area contributed by atoms with E-state index in [0.29, 0.717) is 0 Å². The van der Waals surface area contributed by atoms with Gasteiger partial charge in [0, 0.05) is 4.53 Å². The van der Waals surface area contributed by atoms with Crippen LogP contribution in [0.25, 0.3) is 0 Å². The monoisotopic (exact) mass is 272 g/mol. The van der Waals surface area contributed by atoms with E-state index < -0.39 is 26.5 Å². The lowest BCUT2D eigenvalue weighted by Gasteiger charge is -2.10. The first-order valence-corrected chi connectivity index (χ1v) is 7.15. The summed E-state index contributed by atoms with van der Waals surface area (Å²) in [6.07, 6.45) is 0.357. The Morgan fingerprint density at radius 2 is 2.06 bits per heavy atom. The predicted octanol–water partition coefficient (Wildman–Crippen LogP) is 2.06. The smallest absolute Gasteiger partial charge is 0.254 e. The van der Waals surface area contributed by atoms with Crippen molar-refractivity contribution in [2.24, 2.45) is 5.41 Å². The molecule has 0 N–H and O–H groups in total. The predicted molar refractivity (Wildman–Crippen MR) is 62.0 cm³/mol. The van der Waals surface area contributed by atoms with Crippen LogP contribution in [0, 0.1) is 5.41 Å². The maximum atomic E-state index is 12.3. The molecule has 6 heteroatoms. The van der Waals surface area contributed by atoms with Crippen LogP contribution >= 0.6 is 0 Å². The SMILES string of the molecule is CCC1(C(=O)OF)CC1S(=O)(=O)c1ccccc1. The summed E-state index contributed by atoms with van der Waals surface area (Å²) < 4.78 is 36.5. The molecule has 1 aliphatic rings. The average molecular weight is 272 g/mol. The van der Waals surface area contributed by atoms with Crippen molar-refractivity contribution in [3.05, 3.63) is 30.3 Å². The first-order valence-electron chi connectivity index (χ1n) is 5.61. The highest BCUT2D eigenvalue weighted by atomic mass is 32.2. The van der Waals surface area contributed by atoms with Crippen LogP contribution in [-0.2, 0) is 19.6 Å². The minimum absolute atomic E-state index is 0.115. The van der Waals surface area contributed by atoms with Gasteiger partial charge in [-0.3, -0.25) is 4.94 Å². The Hall–Kier alpha value is -1.43. The Morgan fingerprint density at radius 3 is 2.56 bits per heavy atom. The Morgan fingerprint density at radius 1 is 1.44 bits per heavy atom. The van der Waals surface area contributed by atoms with Gasteiger partial charge in [-0.05, 0) is 25.0 Å². The highest BCUT2D eigenvalue weighted by Crippen LogP contribution is 2.55. The van der Waals surface area contributed by atoms with Crippen molar-refractivity contribution in [3.8, 4) is 0 Å². The third-order valence-corrected chi connectivity index (χ3v) is 5.86. The van der Waals surface area contributed by atoms with Gasteiger partial charge >= 0.3 is 5.97 Å². The van der Waals surface area contributed by atoms with Crippen molar-refractivity contribution in [2.45, 2.75) is 29.9 Å². The van der Waals surface area contributed by atoms with Crippen molar-refractivity contribution in [2.75, 3.05) is 0 Å². The molecule has 1 aromatic rings. The number of sulfone groups is 1. The van der Waals surface area contributed by atoms with Crippen molar-refractivity contribution in [3.63, 3.8) is 0 Å². The van der Waals surface area contributed by atoms with Crippen molar-refractivity contribution in [1.82, 2.24) is 0 Å². The minimum atomic E-state index is -3.61. The van der Waals surface area contributed by atoms with Gasteiger partial charge in [0.05, 0.1) is 15.6 Å². The minimum Gasteiger partial charge on any atom is -0.254 e. The number of halogens is 1. The van der Waals surface area contributed by atoms with Crippen molar-refractivity contribution >= 4 is 15.8 Å². The quantitative estimate of drug-likeness (QED) is 0.841. The van der Waals surface area contributed by atoms with Crippen LogP contribution in [0.4, 0.5) is 4.53 Å². The molecule has 0 heterocycles. The van der Waals surface area contributed by atoms with Gasteiger partial charge in [0.15, 0.2) is 9.84 Å². The van der Waals surface area contributed by atoms with Crippen LogP contribution in [0.3, 0.4) is 0 Å². The van der Waals surface area contributed by atoms with E-state index in [1.54, 1.807) is 25.1 Å². The summed E-state index contributed by atoms with van der Waals surface area (Å²) in [6.45, 7) is 1.65. The highest BCUT2D eigenvalue weighted by Gasteiger charge is 2.66. The molecule has 0 saturated heterocycles. The molecule has 0 aliphatic heterocycles. The zero-order chi connectivity index (χ0) is 13.4. The van der Waals surface area contributed by atoms with E-state index in [-0.39, 0.29) is 17.7 Å². The fourth-order valence-corrected chi connectivity index (χ4v) is 4.50. The first-order chi connectivity index (χ1) is 8.49. The summed E-state index contributed by atoms with van der Waals surface area (Å²) in [4.78, 5) is 14.7. The molecule has 1 aliphatic carbocycles. The van der Waals surface area contributed by atoms with E-state index in [2.05, 4.69) is 4.94 Å². The van der Waals surface area contributed by atoms with Crippen LogP contribution in [0.1, 0.15) is 19.8 Å². The van der Waals surface area contributed by atoms with E-state index >= 15 is 0 Å². The number of hydrogen-bond donors (Lipinski definition) is 0. The van der Waals surface area contributed by atoms with E-state index in [1.165, 1.54) is 12.1 Å². The fourth-order valence-electron chi connectivity index (χ4n) is 2.26. The number of hydrogen-bond acceptors (Lipinski definition) is 4. The van der Waals surface area contributed by atoms with E-state index in [0.717, 1.165) is 0 Å². The third-order valence-electron chi connectivity index (χ3n) is 3.56. The van der Waals surface area contributed by atoms with Crippen LogP contribution < -0.4 is 0 Å². The summed E-state index contributed by atoms with van der Waals surface area (Å²) >= 11 is 0. The lowest BCUT2D eigenvalue weighted by molar-refractivity contribution is -0.191. The largest absolute Gasteiger partial charge is 0.356 e. The van der Waals surface area contributed by atoms with Crippen LogP contribution in [-0.4, -0.2) is 19.6 Å². The van der Waals surface area contributed by atoms with E-state index in [1.807, 2.05) is 0 Å². The van der Waals surface area contributed by atoms with E-state index in [4.69, 9.17) is 0 Å². The number of carbonyl (C=O) groups excluding carboxylic acids is 1. The molecular formula is C12H13FO4S. The maximum Gasteiger partial charge on any atom is 0.356 e.